The van der Waals surface area contributed by atoms with Crippen LogP contribution in [-0.2, 0) is 5.41 Å². The van der Waals surface area contributed by atoms with E-state index < -0.39 is 0 Å². The summed E-state index contributed by atoms with van der Waals surface area (Å²) in [6.45, 7) is 9.80. The molecule has 1 aromatic carbocycles. The summed E-state index contributed by atoms with van der Waals surface area (Å²) >= 11 is 0. The first-order chi connectivity index (χ1) is 8.37. The second-order valence-corrected chi connectivity index (χ2v) is 6.58. The molecule has 0 heterocycles. The van der Waals surface area contributed by atoms with Crippen molar-refractivity contribution in [1.82, 2.24) is 5.32 Å². The number of halogens is 1. The third-order valence-corrected chi connectivity index (χ3v) is 4.08. The normalized spacial score (nSPS) is 27.3. The molecule has 0 saturated heterocycles. The zero-order valence-electron chi connectivity index (χ0n) is 11.9. The molecular weight excluding hydrogens is 225 g/mol. The first-order valence-corrected chi connectivity index (χ1v) is 6.88. The fourth-order valence-electron chi connectivity index (χ4n) is 2.79. The summed E-state index contributed by atoms with van der Waals surface area (Å²) < 4.78 is 13.0. The molecule has 0 amide bonds. The molecule has 2 unspecified atom stereocenters. The van der Waals surface area contributed by atoms with Gasteiger partial charge in [0.25, 0.3) is 0 Å². The second-order valence-electron chi connectivity index (χ2n) is 6.58. The van der Waals surface area contributed by atoms with Crippen LogP contribution >= 0.6 is 0 Å². The summed E-state index contributed by atoms with van der Waals surface area (Å²) in [5.74, 6) is 0.587. The molecule has 1 fully saturated rings. The molecule has 2 atom stereocenters. The van der Waals surface area contributed by atoms with Crippen LogP contribution < -0.4 is 5.32 Å². The standard InChI is InChI=1S/C16H24FN/c1-5-12-10-16(12,11-18-15(2,3)4)13-6-8-14(17)9-7-13/h6-9,12,18H,5,10-11H2,1-4H3. The Labute approximate surface area is 110 Å². The monoisotopic (exact) mass is 249 g/mol. The fourth-order valence-corrected chi connectivity index (χ4v) is 2.79. The van der Waals surface area contributed by atoms with Crippen LogP contribution in [-0.4, -0.2) is 12.1 Å². The molecule has 1 aliphatic carbocycles. The second kappa shape index (κ2) is 4.65. The largest absolute Gasteiger partial charge is 0.311 e. The van der Waals surface area contributed by atoms with Crippen molar-refractivity contribution in [2.45, 2.75) is 51.5 Å². The van der Waals surface area contributed by atoms with Gasteiger partial charge in [0.05, 0.1) is 0 Å². The van der Waals surface area contributed by atoms with Gasteiger partial charge in [0.1, 0.15) is 5.82 Å². The van der Waals surface area contributed by atoms with Gasteiger partial charge in [-0.2, -0.15) is 0 Å². The van der Waals surface area contributed by atoms with Gasteiger partial charge in [0, 0.05) is 17.5 Å². The number of rotatable bonds is 4. The van der Waals surface area contributed by atoms with Gasteiger partial charge in [-0.1, -0.05) is 25.5 Å². The molecule has 2 heteroatoms. The third-order valence-electron chi connectivity index (χ3n) is 4.08. The Morgan fingerprint density at radius 3 is 2.33 bits per heavy atom. The van der Waals surface area contributed by atoms with E-state index >= 15 is 0 Å². The zero-order valence-corrected chi connectivity index (χ0v) is 11.9. The first-order valence-electron chi connectivity index (χ1n) is 6.88. The lowest BCUT2D eigenvalue weighted by atomic mass is 9.91. The summed E-state index contributed by atoms with van der Waals surface area (Å²) in [6, 6.07) is 7.07. The number of hydrogen-bond donors (Lipinski definition) is 1. The van der Waals surface area contributed by atoms with Gasteiger partial charge in [-0.25, -0.2) is 4.39 Å². The van der Waals surface area contributed by atoms with Crippen LogP contribution in [0.1, 0.15) is 46.1 Å². The Kier molecular flexibility index (Phi) is 3.50. The van der Waals surface area contributed by atoms with Crippen LogP contribution in [0.4, 0.5) is 4.39 Å². The lowest BCUT2D eigenvalue weighted by Gasteiger charge is -2.26. The lowest BCUT2D eigenvalue weighted by molar-refractivity contribution is 0.388. The van der Waals surface area contributed by atoms with E-state index in [9.17, 15) is 4.39 Å². The maximum absolute atomic E-state index is 13.0. The van der Waals surface area contributed by atoms with Crippen LogP contribution in [0.3, 0.4) is 0 Å². The highest BCUT2D eigenvalue weighted by Crippen LogP contribution is 2.55. The van der Waals surface area contributed by atoms with Crippen molar-refractivity contribution in [1.29, 1.82) is 0 Å². The van der Waals surface area contributed by atoms with Crippen LogP contribution in [0.5, 0.6) is 0 Å². The number of nitrogens with one attached hydrogen (secondary N) is 1. The van der Waals surface area contributed by atoms with Crippen molar-refractivity contribution in [3.05, 3.63) is 35.6 Å². The molecule has 0 aliphatic heterocycles. The van der Waals surface area contributed by atoms with Gasteiger partial charge < -0.3 is 5.32 Å². The van der Waals surface area contributed by atoms with E-state index in [0.29, 0.717) is 0 Å². The molecule has 1 nitrogen and oxygen atoms in total. The summed E-state index contributed by atoms with van der Waals surface area (Å²) in [5, 5.41) is 3.61. The van der Waals surface area contributed by atoms with Crippen molar-refractivity contribution in [3.8, 4) is 0 Å². The SMILES string of the molecule is CCC1CC1(CNC(C)(C)C)c1ccc(F)cc1. The molecular formula is C16H24FN. The number of hydrogen-bond acceptors (Lipinski definition) is 1. The van der Waals surface area contributed by atoms with Crippen LogP contribution in [0.25, 0.3) is 0 Å². The molecule has 2 rings (SSSR count). The van der Waals surface area contributed by atoms with Gasteiger partial charge in [0.15, 0.2) is 0 Å². The van der Waals surface area contributed by atoms with Crippen molar-refractivity contribution in [2.75, 3.05) is 6.54 Å². The van der Waals surface area contributed by atoms with Gasteiger partial charge in [-0.3, -0.25) is 0 Å². The molecule has 1 N–H and O–H groups in total. The highest BCUT2D eigenvalue weighted by Gasteiger charge is 2.53. The quantitative estimate of drug-likeness (QED) is 0.854. The molecule has 0 radical (unpaired) electrons. The molecule has 18 heavy (non-hydrogen) atoms. The minimum Gasteiger partial charge on any atom is -0.311 e. The summed E-state index contributed by atoms with van der Waals surface area (Å²) in [4.78, 5) is 0. The highest BCUT2D eigenvalue weighted by atomic mass is 19.1. The van der Waals surface area contributed by atoms with E-state index in [1.165, 1.54) is 18.4 Å². The predicted octanol–water partition coefficient (Wildman–Crippen LogP) is 3.88. The van der Waals surface area contributed by atoms with E-state index in [0.717, 1.165) is 12.5 Å². The molecule has 1 aliphatic rings. The fraction of sp³-hybridized carbons (Fsp3) is 0.625. The third kappa shape index (κ3) is 2.74. The molecule has 1 aromatic rings. The maximum Gasteiger partial charge on any atom is 0.123 e. The lowest BCUT2D eigenvalue weighted by Crippen LogP contribution is -2.41. The maximum atomic E-state index is 13.0. The average molecular weight is 249 g/mol. The minimum absolute atomic E-state index is 0.133. The van der Waals surface area contributed by atoms with E-state index in [-0.39, 0.29) is 16.8 Å². The zero-order chi connectivity index (χ0) is 13.4. The van der Waals surface area contributed by atoms with E-state index in [2.05, 4.69) is 33.0 Å². The highest BCUT2D eigenvalue weighted by molar-refractivity contribution is 5.34. The molecule has 0 spiro atoms. The Bertz CT molecular complexity index is 404. The van der Waals surface area contributed by atoms with E-state index in [4.69, 9.17) is 0 Å². The Morgan fingerprint density at radius 2 is 1.89 bits per heavy atom. The molecule has 0 aromatic heterocycles. The first kappa shape index (κ1) is 13.5. The van der Waals surface area contributed by atoms with Gasteiger partial charge >= 0.3 is 0 Å². The van der Waals surface area contributed by atoms with Gasteiger partial charge in [0.2, 0.25) is 0 Å². The van der Waals surface area contributed by atoms with Gasteiger partial charge in [-0.05, 0) is 50.8 Å². The summed E-state index contributed by atoms with van der Waals surface area (Å²) in [7, 11) is 0. The molecule has 1 saturated carbocycles. The van der Waals surface area contributed by atoms with Crippen LogP contribution in [0.15, 0.2) is 24.3 Å². The van der Waals surface area contributed by atoms with E-state index in [1.807, 2.05) is 12.1 Å². The Morgan fingerprint density at radius 1 is 1.28 bits per heavy atom. The van der Waals surface area contributed by atoms with Crippen LogP contribution in [0.2, 0.25) is 0 Å². The van der Waals surface area contributed by atoms with Crippen LogP contribution in [0, 0.1) is 11.7 Å². The number of benzene rings is 1. The van der Waals surface area contributed by atoms with Crippen molar-refractivity contribution < 1.29 is 4.39 Å². The smallest absolute Gasteiger partial charge is 0.123 e. The Hall–Kier alpha value is -0.890. The van der Waals surface area contributed by atoms with Gasteiger partial charge in [-0.15, -0.1) is 0 Å². The Balaban J connectivity index is 2.16. The predicted molar refractivity (Wildman–Crippen MR) is 74.2 cm³/mol. The topological polar surface area (TPSA) is 12.0 Å². The van der Waals surface area contributed by atoms with E-state index in [1.54, 1.807) is 12.1 Å². The minimum atomic E-state index is -0.147. The summed E-state index contributed by atoms with van der Waals surface area (Å²) in [5.41, 5.74) is 1.65. The average Bonchev–Trinajstić information content (AvgIpc) is 3.02. The van der Waals surface area contributed by atoms with Crippen molar-refractivity contribution in [2.24, 2.45) is 5.92 Å². The summed E-state index contributed by atoms with van der Waals surface area (Å²) in [6.07, 6.45) is 2.42. The molecule has 0 bridgehead atoms. The van der Waals surface area contributed by atoms with Crippen molar-refractivity contribution in [3.63, 3.8) is 0 Å². The van der Waals surface area contributed by atoms with Crippen molar-refractivity contribution >= 4 is 0 Å². The molecule has 100 valence electrons.